The van der Waals surface area contributed by atoms with Gasteiger partial charge in [-0.15, -0.1) is 12.4 Å². The van der Waals surface area contributed by atoms with Crippen LogP contribution < -0.4 is 15.2 Å². The fourth-order valence-corrected chi connectivity index (χ4v) is 3.24. The largest absolute Gasteiger partial charge is 0.490 e. The average Bonchev–Trinajstić information content (AvgIpc) is 2.60. The Labute approximate surface area is 161 Å². The topological polar surface area (TPSA) is 64.8 Å². The third kappa shape index (κ3) is 5.40. The Kier molecular flexibility index (Phi) is 9.39. The first-order chi connectivity index (χ1) is 11.6. The quantitative estimate of drug-likeness (QED) is 0.766. The maximum absolute atomic E-state index is 12.9. The van der Waals surface area contributed by atoms with Crippen LogP contribution in [0.5, 0.6) is 11.5 Å². The van der Waals surface area contributed by atoms with Crippen LogP contribution in [0.4, 0.5) is 0 Å². The maximum atomic E-state index is 12.9. The van der Waals surface area contributed by atoms with Crippen LogP contribution in [-0.2, 0) is 0 Å². The van der Waals surface area contributed by atoms with Gasteiger partial charge in [-0.2, -0.15) is 0 Å². The second-order valence-electron chi connectivity index (χ2n) is 5.95. The molecule has 2 N–H and O–H groups in total. The van der Waals surface area contributed by atoms with Gasteiger partial charge >= 0.3 is 0 Å². The molecule has 0 bridgehead atoms. The van der Waals surface area contributed by atoms with Gasteiger partial charge < -0.3 is 20.1 Å². The normalized spacial score (nSPS) is 17.0. The molecule has 0 spiro atoms. The third-order valence-corrected chi connectivity index (χ3v) is 4.45. The molecular formula is C18H28Cl2N2O3. The molecule has 1 unspecified atom stereocenters. The van der Waals surface area contributed by atoms with Crippen molar-refractivity contribution in [3.63, 3.8) is 0 Å². The smallest absolute Gasteiger partial charge is 0.254 e. The summed E-state index contributed by atoms with van der Waals surface area (Å²) in [5.41, 5.74) is 6.35. The van der Waals surface area contributed by atoms with E-state index in [4.69, 9.17) is 26.8 Å². The van der Waals surface area contributed by atoms with Gasteiger partial charge in [0.25, 0.3) is 5.91 Å². The first-order valence-corrected chi connectivity index (χ1v) is 9.10. The second-order valence-corrected chi connectivity index (χ2v) is 6.36. The number of hydrogen-bond donors (Lipinski definition) is 1. The Morgan fingerprint density at radius 3 is 2.72 bits per heavy atom. The van der Waals surface area contributed by atoms with E-state index in [9.17, 15) is 4.79 Å². The molecule has 0 radical (unpaired) electrons. The van der Waals surface area contributed by atoms with Crippen molar-refractivity contribution < 1.29 is 14.3 Å². The molecule has 1 aliphatic rings. The predicted octanol–water partition coefficient (Wildman–Crippen LogP) is 3.90. The molecule has 1 heterocycles. The van der Waals surface area contributed by atoms with Gasteiger partial charge in [0, 0.05) is 24.7 Å². The molecule has 0 aromatic heterocycles. The Hall–Kier alpha value is -1.17. The minimum Gasteiger partial charge on any atom is -0.490 e. The van der Waals surface area contributed by atoms with Crippen molar-refractivity contribution in [1.29, 1.82) is 0 Å². The molecule has 0 saturated carbocycles. The van der Waals surface area contributed by atoms with E-state index >= 15 is 0 Å². The number of likely N-dealkylation sites (tertiary alicyclic amines) is 1. The maximum Gasteiger partial charge on any atom is 0.254 e. The van der Waals surface area contributed by atoms with Crippen LogP contribution in [-0.4, -0.2) is 43.2 Å². The van der Waals surface area contributed by atoms with Crippen molar-refractivity contribution in [2.75, 3.05) is 26.3 Å². The fourth-order valence-electron chi connectivity index (χ4n) is 2.98. The van der Waals surface area contributed by atoms with E-state index in [1.54, 1.807) is 12.1 Å². The van der Waals surface area contributed by atoms with E-state index < -0.39 is 0 Å². The van der Waals surface area contributed by atoms with E-state index in [2.05, 4.69) is 0 Å². The number of halogens is 2. The number of carbonyl (C=O) groups is 1. The van der Waals surface area contributed by atoms with Crippen molar-refractivity contribution in [3.05, 3.63) is 22.7 Å². The summed E-state index contributed by atoms with van der Waals surface area (Å²) in [5.74, 6) is 0.976. The minimum absolute atomic E-state index is 0. The van der Waals surface area contributed by atoms with Gasteiger partial charge in [0.05, 0.1) is 18.2 Å². The molecule has 1 aliphatic heterocycles. The van der Waals surface area contributed by atoms with Crippen LogP contribution in [0.2, 0.25) is 5.02 Å². The molecule has 25 heavy (non-hydrogen) atoms. The number of hydrogen-bond acceptors (Lipinski definition) is 4. The van der Waals surface area contributed by atoms with Gasteiger partial charge in [0.2, 0.25) is 0 Å². The highest BCUT2D eigenvalue weighted by molar-refractivity contribution is 6.32. The lowest BCUT2D eigenvalue weighted by Crippen LogP contribution is -2.47. The first-order valence-electron chi connectivity index (χ1n) is 8.72. The number of ether oxygens (including phenoxy) is 2. The Balaban J connectivity index is 0.00000312. The molecule has 1 aromatic rings. The van der Waals surface area contributed by atoms with E-state index in [-0.39, 0.29) is 24.4 Å². The molecule has 1 saturated heterocycles. The number of carbonyl (C=O) groups excluding carboxylic acids is 1. The summed E-state index contributed by atoms with van der Waals surface area (Å²) < 4.78 is 11.3. The fraction of sp³-hybridized carbons (Fsp3) is 0.611. The van der Waals surface area contributed by atoms with Gasteiger partial charge in [-0.3, -0.25) is 4.79 Å². The lowest BCUT2D eigenvalue weighted by atomic mass is 10.0. The van der Waals surface area contributed by atoms with Gasteiger partial charge in [-0.25, -0.2) is 0 Å². The summed E-state index contributed by atoms with van der Waals surface area (Å²) in [7, 11) is 0. The van der Waals surface area contributed by atoms with E-state index in [1.165, 1.54) is 0 Å². The van der Waals surface area contributed by atoms with Gasteiger partial charge in [-0.05, 0) is 44.7 Å². The minimum atomic E-state index is -0.0463. The molecule has 7 heteroatoms. The third-order valence-electron chi connectivity index (χ3n) is 4.17. The Morgan fingerprint density at radius 1 is 1.32 bits per heavy atom. The zero-order chi connectivity index (χ0) is 17.5. The monoisotopic (exact) mass is 390 g/mol. The summed E-state index contributed by atoms with van der Waals surface area (Å²) in [6, 6.07) is 3.49. The highest BCUT2D eigenvalue weighted by Crippen LogP contribution is 2.37. The lowest BCUT2D eigenvalue weighted by molar-refractivity contribution is 0.0623. The molecule has 0 aliphatic carbocycles. The summed E-state index contributed by atoms with van der Waals surface area (Å²) in [4.78, 5) is 14.8. The zero-order valence-electron chi connectivity index (χ0n) is 14.9. The lowest BCUT2D eigenvalue weighted by Gasteiger charge is -2.35. The van der Waals surface area contributed by atoms with Gasteiger partial charge in [0.1, 0.15) is 0 Å². The van der Waals surface area contributed by atoms with Crippen molar-refractivity contribution in [2.45, 2.75) is 45.6 Å². The zero-order valence-corrected chi connectivity index (χ0v) is 16.5. The summed E-state index contributed by atoms with van der Waals surface area (Å²) in [5, 5.41) is 0.402. The number of nitrogens with two attached hydrogens (primary N) is 1. The second kappa shape index (κ2) is 10.7. The molecular weight excluding hydrogens is 363 g/mol. The number of rotatable bonds is 7. The molecule has 2 rings (SSSR count). The SMILES string of the molecule is CCCOc1c(Cl)cc(C(=O)N2CCCCC2CN)cc1OCC.Cl. The van der Waals surface area contributed by atoms with Gasteiger partial charge in [0.15, 0.2) is 11.5 Å². The standard InChI is InChI=1S/C18H27ClN2O3.ClH/c1-3-9-24-17-15(19)10-13(11-16(17)23-4-2)18(22)21-8-6-5-7-14(21)12-20;/h10-11,14H,3-9,12,20H2,1-2H3;1H. The molecule has 1 amide bonds. The molecule has 1 aromatic carbocycles. The van der Waals surface area contributed by atoms with E-state index in [0.29, 0.717) is 41.8 Å². The van der Waals surface area contributed by atoms with Gasteiger partial charge in [-0.1, -0.05) is 18.5 Å². The highest BCUT2D eigenvalue weighted by Gasteiger charge is 2.27. The Morgan fingerprint density at radius 2 is 2.08 bits per heavy atom. The molecule has 5 nitrogen and oxygen atoms in total. The first kappa shape index (κ1) is 21.9. The number of benzene rings is 1. The predicted molar refractivity (Wildman–Crippen MR) is 103 cm³/mol. The number of amides is 1. The Bertz CT molecular complexity index is 569. The van der Waals surface area contributed by atoms with Crippen LogP contribution >= 0.6 is 24.0 Å². The van der Waals surface area contributed by atoms with Crippen LogP contribution in [0.15, 0.2) is 12.1 Å². The number of piperidine rings is 1. The van der Waals surface area contributed by atoms with Crippen molar-refractivity contribution >= 4 is 29.9 Å². The van der Waals surface area contributed by atoms with Crippen molar-refractivity contribution in [1.82, 2.24) is 4.90 Å². The molecule has 1 atom stereocenters. The van der Waals surface area contributed by atoms with Crippen molar-refractivity contribution in [2.24, 2.45) is 5.73 Å². The average molecular weight is 391 g/mol. The van der Waals surface area contributed by atoms with Crippen LogP contribution in [0, 0.1) is 0 Å². The molecule has 142 valence electrons. The van der Waals surface area contributed by atoms with Crippen molar-refractivity contribution in [3.8, 4) is 11.5 Å². The number of nitrogens with zero attached hydrogens (tertiary/aromatic N) is 1. The van der Waals surface area contributed by atoms with Crippen LogP contribution in [0.25, 0.3) is 0 Å². The summed E-state index contributed by atoms with van der Waals surface area (Å²) >= 11 is 6.36. The summed E-state index contributed by atoms with van der Waals surface area (Å²) in [6.45, 7) is 6.16. The van der Waals surface area contributed by atoms with Crippen LogP contribution in [0.1, 0.15) is 49.9 Å². The van der Waals surface area contributed by atoms with Crippen LogP contribution in [0.3, 0.4) is 0 Å². The van der Waals surface area contributed by atoms with E-state index in [1.807, 2.05) is 18.7 Å². The van der Waals surface area contributed by atoms with E-state index in [0.717, 1.165) is 32.2 Å². The highest BCUT2D eigenvalue weighted by atomic mass is 35.5. The molecule has 1 fully saturated rings. The summed E-state index contributed by atoms with van der Waals surface area (Å²) in [6.07, 6.45) is 3.94.